The molecule has 6 heteroatoms. The Kier molecular flexibility index (Phi) is 2.63. The highest BCUT2D eigenvalue weighted by molar-refractivity contribution is 5.87. The fourth-order valence-corrected chi connectivity index (χ4v) is 2.14. The van der Waals surface area contributed by atoms with Gasteiger partial charge in [-0.05, 0) is 18.2 Å². The summed E-state index contributed by atoms with van der Waals surface area (Å²) in [7, 11) is 1.58. The molecule has 3 rings (SSSR count). The molecule has 0 spiro atoms. The fourth-order valence-electron chi connectivity index (χ4n) is 2.14. The highest BCUT2D eigenvalue weighted by atomic mass is 16.5. The number of hydrogen-bond donors (Lipinski definition) is 2. The van der Waals surface area contributed by atoms with Crippen molar-refractivity contribution in [2.75, 3.05) is 13.7 Å². The Morgan fingerprint density at radius 2 is 2.32 bits per heavy atom. The van der Waals surface area contributed by atoms with Crippen LogP contribution < -0.4 is 9.47 Å². The fraction of sp³-hybridized carbons (Fsp3) is 0.231. The first-order valence-corrected chi connectivity index (χ1v) is 5.82. The van der Waals surface area contributed by atoms with E-state index < -0.39 is 5.97 Å². The van der Waals surface area contributed by atoms with Gasteiger partial charge in [0.1, 0.15) is 17.2 Å². The van der Waals surface area contributed by atoms with Crippen LogP contribution in [0.5, 0.6) is 11.5 Å². The normalized spacial score (nSPS) is 12.9. The second-order valence-corrected chi connectivity index (χ2v) is 4.23. The average molecular weight is 260 g/mol. The SMILES string of the molecule is COc1cc2c(cc1-c1cc(C(=O)O)[nH]n1)OCC2. The van der Waals surface area contributed by atoms with E-state index in [0.717, 1.165) is 17.7 Å². The lowest BCUT2D eigenvalue weighted by Crippen LogP contribution is -1.95. The zero-order chi connectivity index (χ0) is 13.4. The summed E-state index contributed by atoms with van der Waals surface area (Å²) in [5.74, 6) is 0.415. The van der Waals surface area contributed by atoms with Crippen molar-refractivity contribution in [3.63, 3.8) is 0 Å². The molecule has 0 atom stereocenters. The van der Waals surface area contributed by atoms with Gasteiger partial charge in [0.15, 0.2) is 0 Å². The summed E-state index contributed by atoms with van der Waals surface area (Å²) in [6, 6.07) is 5.22. The van der Waals surface area contributed by atoms with Crippen molar-refractivity contribution in [1.29, 1.82) is 0 Å². The van der Waals surface area contributed by atoms with Gasteiger partial charge in [0.05, 0.1) is 19.4 Å². The van der Waals surface area contributed by atoms with E-state index >= 15 is 0 Å². The molecule has 0 unspecified atom stereocenters. The van der Waals surface area contributed by atoms with Gasteiger partial charge < -0.3 is 14.6 Å². The molecule has 2 heterocycles. The second-order valence-electron chi connectivity index (χ2n) is 4.23. The number of aromatic nitrogens is 2. The number of methoxy groups -OCH3 is 1. The van der Waals surface area contributed by atoms with Crippen molar-refractivity contribution >= 4 is 5.97 Å². The van der Waals surface area contributed by atoms with Gasteiger partial charge in [0.25, 0.3) is 0 Å². The Bertz CT molecular complexity index is 648. The minimum atomic E-state index is -1.05. The number of carboxylic acids is 1. The van der Waals surface area contributed by atoms with Gasteiger partial charge in [-0.1, -0.05) is 0 Å². The van der Waals surface area contributed by atoms with E-state index in [2.05, 4.69) is 10.2 Å². The van der Waals surface area contributed by atoms with Gasteiger partial charge in [-0.3, -0.25) is 5.10 Å². The lowest BCUT2D eigenvalue weighted by molar-refractivity contribution is 0.0690. The highest BCUT2D eigenvalue weighted by Gasteiger charge is 2.19. The van der Waals surface area contributed by atoms with Crippen LogP contribution in [0.2, 0.25) is 0 Å². The first-order valence-electron chi connectivity index (χ1n) is 5.82. The summed E-state index contributed by atoms with van der Waals surface area (Å²) in [5.41, 5.74) is 2.37. The number of aromatic amines is 1. The molecule has 0 saturated carbocycles. The molecule has 19 heavy (non-hydrogen) atoms. The molecule has 1 aliphatic heterocycles. The predicted molar refractivity (Wildman–Crippen MR) is 66.7 cm³/mol. The van der Waals surface area contributed by atoms with E-state index in [-0.39, 0.29) is 5.69 Å². The second kappa shape index (κ2) is 4.31. The number of ether oxygens (including phenoxy) is 2. The summed E-state index contributed by atoms with van der Waals surface area (Å²) >= 11 is 0. The van der Waals surface area contributed by atoms with Crippen LogP contribution in [-0.4, -0.2) is 35.0 Å². The lowest BCUT2D eigenvalue weighted by Gasteiger charge is -2.08. The predicted octanol–water partition coefficient (Wildman–Crippen LogP) is 1.72. The molecule has 6 nitrogen and oxygen atoms in total. The monoisotopic (exact) mass is 260 g/mol. The van der Waals surface area contributed by atoms with Crippen molar-refractivity contribution in [3.8, 4) is 22.8 Å². The number of hydrogen-bond acceptors (Lipinski definition) is 4. The number of carbonyl (C=O) groups is 1. The molecule has 98 valence electrons. The van der Waals surface area contributed by atoms with Crippen LogP contribution in [0.15, 0.2) is 18.2 Å². The third kappa shape index (κ3) is 1.91. The van der Waals surface area contributed by atoms with Gasteiger partial charge in [0, 0.05) is 17.5 Å². The van der Waals surface area contributed by atoms with Crippen molar-refractivity contribution in [3.05, 3.63) is 29.5 Å². The molecular weight excluding hydrogens is 248 g/mol. The van der Waals surface area contributed by atoms with E-state index in [0.29, 0.717) is 23.6 Å². The molecule has 0 radical (unpaired) electrons. The molecule has 0 fully saturated rings. The number of rotatable bonds is 3. The molecule has 1 aromatic heterocycles. The topological polar surface area (TPSA) is 84.4 Å². The van der Waals surface area contributed by atoms with Crippen molar-refractivity contribution in [2.24, 2.45) is 0 Å². The molecule has 2 N–H and O–H groups in total. The number of nitrogens with zero attached hydrogens (tertiary/aromatic N) is 1. The van der Waals surface area contributed by atoms with E-state index in [4.69, 9.17) is 14.6 Å². The van der Waals surface area contributed by atoms with Crippen LogP contribution in [0.1, 0.15) is 16.1 Å². The molecule has 1 aromatic carbocycles. The Hall–Kier alpha value is -2.50. The quantitative estimate of drug-likeness (QED) is 0.877. The number of fused-ring (bicyclic) bond motifs is 1. The third-order valence-corrected chi connectivity index (χ3v) is 3.10. The van der Waals surface area contributed by atoms with Gasteiger partial charge >= 0.3 is 5.97 Å². The Labute approximate surface area is 109 Å². The van der Waals surface area contributed by atoms with Gasteiger partial charge in [-0.15, -0.1) is 0 Å². The Morgan fingerprint density at radius 3 is 3.00 bits per heavy atom. The number of carboxylic acid groups (broad SMARTS) is 1. The van der Waals surface area contributed by atoms with E-state index in [1.165, 1.54) is 6.07 Å². The molecule has 0 bridgehead atoms. The van der Waals surface area contributed by atoms with Crippen LogP contribution in [0.25, 0.3) is 11.3 Å². The third-order valence-electron chi connectivity index (χ3n) is 3.10. The standard InChI is InChI=1S/C13H12N2O4/c1-18-12-4-7-2-3-19-11(7)5-8(12)9-6-10(13(16)17)15-14-9/h4-6H,2-3H2,1H3,(H,14,15)(H,16,17). The minimum absolute atomic E-state index is 0.0402. The summed E-state index contributed by atoms with van der Waals surface area (Å²) in [6.45, 7) is 0.656. The molecule has 0 aliphatic carbocycles. The average Bonchev–Trinajstić information content (AvgIpc) is 3.05. The largest absolute Gasteiger partial charge is 0.496 e. The summed E-state index contributed by atoms with van der Waals surface area (Å²) in [4.78, 5) is 10.9. The summed E-state index contributed by atoms with van der Waals surface area (Å²) in [6.07, 6.45) is 0.854. The van der Waals surface area contributed by atoms with Crippen LogP contribution in [0.3, 0.4) is 0 Å². The number of H-pyrrole nitrogens is 1. The van der Waals surface area contributed by atoms with Crippen LogP contribution in [0.4, 0.5) is 0 Å². The summed E-state index contributed by atoms with van der Waals surface area (Å²) < 4.78 is 10.8. The molecule has 0 amide bonds. The maximum Gasteiger partial charge on any atom is 0.353 e. The molecule has 0 saturated heterocycles. The number of aromatic carboxylic acids is 1. The van der Waals surface area contributed by atoms with Crippen LogP contribution in [-0.2, 0) is 6.42 Å². The maximum atomic E-state index is 10.9. The highest BCUT2D eigenvalue weighted by Crippen LogP contribution is 2.37. The smallest absolute Gasteiger partial charge is 0.353 e. The maximum absolute atomic E-state index is 10.9. The number of nitrogens with one attached hydrogen (secondary N) is 1. The van der Waals surface area contributed by atoms with Crippen molar-refractivity contribution in [1.82, 2.24) is 10.2 Å². The minimum Gasteiger partial charge on any atom is -0.496 e. The zero-order valence-electron chi connectivity index (χ0n) is 10.3. The van der Waals surface area contributed by atoms with E-state index in [1.807, 2.05) is 12.1 Å². The van der Waals surface area contributed by atoms with Gasteiger partial charge in [-0.25, -0.2) is 4.79 Å². The molecule has 1 aliphatic rings. The van der Waals surface area contributed by atoms with Crippen molar-refractivity contribution < 1.29 is 19.4 Å². The van der Waals surface area contributed by atoms with Gasteiger partial charge in [0.2, 0.25) is 0 Å². The molecular formula is C13H12N2O4. The lowest BCUT2D eigenvalue weighted by atomic mass is 10.1. The van der Waals surface area contributed by atoms with E-state index in [1.54, 1.807) is 7.11 Å². The zero-order valence-corrected chi connectivity index (χ0v) is 10.3. The van der Waals surface area contributed by atoms with Crippen LogP contribution >= 0.6 is 0 Å². The van der Waals surface area contributed by atoms with Crippen LogP contribution in [0, 0.1) is 0 Å². The Morgan fingerprint density at radius 1 is 1.47 bits per heavy atom. The Balaban J connectivity index is 2.10. The molecule has 2 aromatic rings. The first-order chi connectivity index (χ1) is 9.19. The first kappa shape index (κ1) is 11.6. The number of benzene rings is 1. The van der Waals surface area contributed by atoms with E-state index in [9.17, 15) is 4.79 Å². The van der Waals surface area contributed by atoms with Gasteiger partial charge in [-0.2, -0.15) is 5.10 Å². The van der Waals surface area contributed by atoms with Crippen molar-refractivity contribution in [2.45, 2.75) is 6.42 Å². The summed E-state index contributed by atoms with van der Waals surface area (Å²) in [5, 5.41) is 15.4.